The van der Waals surface area contributed by atoms with E-state index in [2.05, 4.69) is 19.6 Å². The number of rotatable bonds is 6. The van der Waals surface area contributed by atoms with Gasteiger partial charge in [-0.1, -0.05) is 44.6 Å². The van der Waals surface area contributed by atoms with Gasteiger partial charge in [0.25, 0.3) is 5.60 Å². The Hall–Kier alpha value is -1.32. The maximum Gasteiger partial charge on any atom is 0.426 e. The molecule has 0 aromatic carbocycles. The molecule has 3 N–H and O–H groups in total. The minimum Gasteiger partial charge on any atom is -0.393 e. The average Bonchev–Trinajstić information content (AvgIpc) is 3.11. The number of aliphatic hydroxyl groups is 3. The summed E-state index contributed by atoms with van der Waals surface area (Å²) in [5.41, 5.74) is -2.08. The van der Waals surface area contributed by atoms with Gasteiger partial charge in [-0.25, -0.2) is 0 Å². The summed E-state index contributed by atoms with van der Waals surface area (Å²) in [6.45, 7) is 8.03. The summed E-state index contributed by atoms with van der Waals surface area (Å²) in [6.07, 6.45) is -5.24. The predicted molar refractivity (Wildman–Crippen MR) is 125 cm³/mol. The van der Waals surface area contributed by atoms with Gasteiger partial charge in [0.15, 0.2) is 0 Å². The monoisotopic (exact) mass is 524 g/mol. The van der Waals surface area contributed by atoms with Crippen LogP contribution in [0.1, 0.15) is 78.1 Å². The third-order valence-electron chi connectivity index (χ3n) is 9.12. The predicted octanol–water partition coefficient (Wildman–Crippen LogP) is 6.79. The van der Waals surface area contributed by atoms with E-state index >= 15 is 0 Å². The van der Waals surface area contributed by atoms with Gasteiger partial charge in [0.05, 0.1) is 12.2 Å². The molecule has 206 valence electrons. The number of hydrogen-bond donors (Lipinski definition) is 3. The highest BCUT2D eigenvalue weighted by Crippen LogP contribution is 2.60. The van der Waals surface area contributed by atoms with Gasteiger partial charge in [-0.15, -0.1) is 0 Å². The summed E-state index contributed by atoms with van der Waals surface area (Å²) in [7, 11) is 0. The zero-order valence-electron chi connectivity index (χ0n) is 20.9. The molecule has 0 bridgehead atoms. The van der Waals surface area contributed by atoms with Crippen molar-refractivity contribution < 1.29 is 41.7 Å². The summed E-state index contributed by atoms with van der Waals surface area (Å²) in [6, 6.07) is 0. The normalized spacial score (nSPS) is 35.4. The lowest BCUT2D eigenvalue weighted by Crippen LogP contribution is -2.56. The van der Waals surface area contributed by atoms with Crippen molar-refractivity contribution in [1.29, 1.82) is 0 Å². The number of halogens is 6. The molecule has 3 aliphatic carbocycles. The Kier molecular flexibility index (Phi) is 8.48. The van der Waals surface area contributed by atoms with Crippen molar-refractivity contribution >= 4 is 0 Å². The SMILES string of the molecule is C=C1/C(=C\C=C2\CCCC3(C)C2CCC3C(C)CCCC(O)(C(F)(F)F)C(F)(F)F)CC(O)CC1O. The largest absolute Gasteiger partial charge is 0.426 e. The van der Waals surface area contributed by atoms with Crippen LogP contribution in [0.25, 0.3) is 0 Å². The molecule has 3 fully saturated rings. The van der Waals surface area contributed by atoms with Crippen molar-refractivity contribution in [3.05, 3.63) is 35.5 Å². The summed E-state index contributed by atoms with van der Waals surface area (Å²) in [5, 5.41) is 29.5. The summed E-state index contributed by atoms with van der Waals surface area (Å²) < 4.78 is 78.1. The molecule has 36 heavy (non-hydrogen) atoms. The van der Waals surface area contributed by atoms with Gasteiger partial charge in [-0.05, 0) is 85.7 Å². The highest BCUT2D eigenvalue weighted by Gasteiger charge is 2.69. The third-order valence-corrected chi connectivity index (χ3v) is 9.12. The molecule has 0 spiro atoms. The fraction of sp³-hybridized carbons (Fsp3) is 0.778. The van der Waals surface area contributed by atoms with E-state index < -0.39 is 36.6 Å². The first kappa shape index (κ1) is 29.2. The fourth-order valence-corrected chi connectivity index (χ4v) is 7.00. The van der Waals surface area contributed by atoms with Crippen LogP contribution >= 0.6 is 0 Å². The van der Waals surface area contributed by atoms with Crippen LogP contribution in [0.2, 0.25) is 0 Å². The molecular formula is C27H38F6O3. The number of fused-ring (bicyclic) bond motifs is 1. The number of aliphatic hydroxyl groups excluding tert-OH is 2. The molecule has 3 saturated carbocycles. The molecule has 9 heteroatoms. The van der Waals surface area contributed by atoms with Crippen LogP contribution in [-0.2, 0) is 0 Å². The lowest BCUT2D eigenvalue weighted by Gasteiger charge is -2.44. The van der Waals surface area contributed by atoms with E-state index in [1.165, 1.54) is 5.57 Å². The fourth-order valence-electron chi connectivity index (χ4n) is 7.00. The molecule has 0 amide bonds. The topological polar surface area (TPSA) is 60.7 Å². The molecule has 6 atom stereocenters. The molecule has 6 unspecified atom stereocenters. The van der Waals surface area contributed by atoms with E-state index in [0.717, 1.165) is 37.7 Å². The van der Waals surface area contributed by atoms with E-state index in [0.29, 0.717) is 12.0 Å². The minimum atomic E-state index is -5.77. The summed E-state index contributed by atoms with van der Waals surface area (Å²) >= 11 is 0. The van der Waals surface area contributed by atoms with Crippen molar-refractivity contribution in [2.75, 3.05) is 0 Å². The first-order valence-electron chi connectivity index (χ1n) is 12.8. The van der Waals surface area contributed by atoms with Gasteiger partial charge in [-0.2, -0.15) is 26.3 Å². The first-order valence-corrected chi connectivity index (χ1v) is 12.8. The smallest absolute Gasteiger partial charge is 0.393 e. The van der Waals surface area contributed by atoms with Crippen molar-refractivity contribution in [3.63, 3.8) is 0 Å². The van der Waals surface area contributed by atoms with Crippen LogP contribution in [0.5, 0.6) is 0 Å². The van der Waals surface area contributed by atoms with Gasteiger partial charge in [0.1, 0.15) is 0 Å². The van der Waals surface area contributed by atoms with Crippen LogP contribution < -0.4 is 0 Å². The molecule has 0 aromatic rings. The molecule has 0 saturated heterocycles. The Morgan fingerprint density at radius 3 is 2.33 bits per heavy atom. The van der Waals surface area contributed by atoms with E-state index in [1.807, 2.05) is 13.0 Å². The van der Waals surface area contributed by atoms with E-state index in [-0.39, 0.29) is 42.4 Å². The average molecular weight is 525 g/mol. The molecule has 0 radical (unpaired) electrons. The molecular weight excluding hydrogens is 486 g/mol. The van der Waals surface area contributed by atoms with Gasteiger partial charge in [0, 0.05) is 6.42 Å². The Balaban J connectivity index is 1.69. The van der Waals surface area contributed by atoms with E-state index in [1.54, 1.807) is 0 Å². The highest BCUT2D eigenvalue weighted by atomic mass is 19.4. The van der Waals surface area contributed by atoms with Crippen LogP contribution in [-0.4, -0.2) is 45.5 Å². The minimum absolute atomic E-state index is 0.0770. The molecule has 3 rings (SSSR count). The Morgan fingerprint density at radius 2 is 1.72 bits per heavy atom. The van der Waals surface area contributed by atoms with Crippen molar-refractivity contribution in [2.24, 2.45) is 23.2 Å². The van der Waals surface area contributed by atoms with Gasteiger partial charge in [0.2, 0.25) is 0 Å². The van der Waals surface area contributed by atoms with Gasteiger partial charge in [-0.3, -0.25) is 0 Å². The number of alkyl halides is 6. The second kappa shape index (κ2) is 10.4. The third kappa shape index (κ3) is 5.58. The molecule has 3 nitrogen and oxygen atoms in total. The molecule has 3 aliphatic rings. The molecule has 0 aromatic heterocycles. The van der Waals surface area contributed by atoms with Crippen LogP contribution in [0.4, 0.5) is 26.3 Å². The van der Waals surface area contributed by atoms with Crippen molar-refractivity contribution in [1.82, 2.24) is 0 Å². The van der Waals surface area contributed by atoms with Crippen LogP contribution in [0.3, 0.4) is 0 Å². The lowest BCUT2D eigenvalue weighted by molar-refractivity contribution is -0.370. The Labute approximate surface area is 209 Å². The standard InChI is InChI=1S/C27H38F6O3/c1-16(6-4-13-25(36,26(28,29)30)27(31,32)33)21-10-11-22-18(7-5-12-24(21,22)3)8-9-19-14-20(34)15-23(35)17(19)2/h8-9,16,20-23,34-36H,2,4-7,10-15H2,1,3H3/b18-8-,19-9-. The Bertz CT molecular complexity index is 860. The zero-order chi connectivity index (χ0) is 27.1. The Morgan fingerprint density at radius 1 is 1.08 bits per heavy atom. The number of hydrogen-bond acceptors (Lipinski definition) is 3. The zero-order valence-corrected chi connectivity index (χ0v) is 20.9. The number of allylic oxidation sites excluding steroid dienone is 3. The summed E-state index contributed by atoms with van der Waals surface area (Å²) in [5.74, 6) is 0.355. The van der Waals surface area contributed by atoms with Crippen LogP contribution in [0, 0.1) is 23.2 Å². The van der Waals surface area contributed by atoms with Crippen LogP contribution in [0.15, 0.2) is 35.5 Å². The van der Waals surface area contributed by atoms with Crippen molar-refractivity contribution in [3.8, 4) is 0 Å². The van der Waals surface area contributed by atoms with E-state index in [9.17, 15) is 41.7 Å². The molecule has 0 aliphatic heterocycles. The first-order chi connectivity index (χ1) is 16.5. The maximum absolute atomic E-state index is 13.0. The van der Waals surface area contributed by atoms with Gasteiger partial charge >= 0.3 is 12.4 Å². The highest BCUT2D eigenvalue weighted by molar-refractivity contribution is 5.38. The quantitative estimate of drug-likeness (QED) is 0.336. The van der Waals surface area contributed by atoms with Crippen molar-refractivity contribution in [2.45, 2.75) is 108 Å². The summed E-state index contributed by atoms with van der Waals surface area (Å²) in [4.78, 5) is 0. The molecule has 0 heterocycles. The van der Waals surface area contributed by atoms with E-state index in [4.69, 9.17) is 0 Å². The second-order valence-corrected chi connectivity index (χ2v) is 11.4. The second-order valence-electron chi connectivity index (χ2n) is 11.4. The van der Waals surface area contributed by atoms with Gasteiger partial charge < -0.3 is 15.3 Å². The lowest BCUT2D eigenvalue weighted by atomic mass is 9.60. The maximum atomic E-state index is 13.0.